The lowest BCUT2D eigenvalue weighted by molar-refractivity contribution is 0.112. The van der Waals surface area contributed by atoms with Crippen molar-refractivity contribution in [3.8, 4) is 5.75 Å². The molecule has 2 aromatic carbocycles. The molecule has 2 rings (SSSR count). The van der Waals surface area contributed by atoms with Crippen LogP contribution < -0.4 is 4.74 Å². The maximum Gasteiger partial charge on any atom is 0.150 e. The molecule has 0 saturated heterocycles. The zero-order valence-electron chi connectivity index (χ0n) is 9.10. The van der Waals surface area contributed by atoms with Crippen molar-refractivity contribution in [2.24, 2.45) is 0 Å². The number of ether oxygens (including phenoxy) is 1. The summed E-state index contributed by atoms with van der Waals surface area (Å²) in [6.07, 6.45) is 0.596. The van der Waals surface area contributed by atoms with Gasteiger partial charge in [-0.3, -0.25) is 4.79 Å². The van der Waals surface area contributed by atoms with Crippen LogP contribution >= 0.6 is 0 Å². The van der Waals surface area contributed by atoms with Crippen LogP contribution in [0.5, 0.6) is 5.75 Å². The number of carbonyl (C=O) groups is 1. The van der Waals surface area contributed by atoms with Crippen LogP contribution in [0.25, 0.3) is 0 Å². The van der Waals surface area contributed by atoms with Crippen LogP contribution in [0, 0.1) is 5.82 Å². The molecule has 0 heterocycles. The smallest absolute Gasteiger partial charge is 0.150 e. The molecule has 17 heavy (non-hydrogen) atoms. The Kier molecular flexibility index (Phi) is 3.50. The van der Waals surface area contributed by atoms with Gasteiger partial charge in [-0.05, 0) is 17.7 Å². The van der Waals surface area contributed by atoms with Crippen molar-refractivity contribution in [3.05, 3.63) is 65.5 Å². The van der Waals surface area contributed by atoms with Crippen molar-refractivity contribution in [2.45, 2.75) is 6.61 Å². The normalized spacial score (nSPS) is 9.94. The average Bonchev–Trinajstić information content (AvgIpc) is 2.37. The molecule has 0 bridgehead atoms. The highest BCUT2D eigenvalue weighted by atomic mass is 19.1. The SMILES string of the molecule is O=Cc1cc(F)cc(OCc2ccccc2)c1. The number of rotatable bonds is 4. The molecule has 0 N–H and O–H groups in total. The lowest BCUT2D eigenvalue weighted by Crippen LogP contribution is -1.96. The van der Waals surface area contributed by atoms with E-state index in [0.29, 0.717) is 18.6 Å². The molecule has 0 aliphatic carbocycles. The van der Waals surface area contributed by atoms with Gasteiger partial charge < -0.3 is 4.74 Å². The predicted molar refractivity (Wildman–Crippen MR) is 62.6 cm³/mol. The van der Waals surface area contributed by atoms with Gasteiger partial charge in [0.2, 0.25) is 0 Å². The number of carbonyl (C=O) groups excluding carboxylic acids is 1. The van der Waals surface area contributed by atoms with Gasteiger partial charge in [-0.25, -0.2) is 4.39 Å². The number of hydrogen-bond acceptors (Lipinski definition) is 2. The molecule has 2 aromatic rings. The molecule has 0 radical (unpaired) electrons. The molecule has 0 saturated carbocycles. The lowest BCUT2D eigenvalue weighted by Gasteiger charge is -2.06. The van der Waals surface area contributed by atoms with Gasteiger partial charge in [0, 0.05) is 11.6 Å². The summed E-state index contributed by atoms with van der Waals surface area (Å²) in [6.45, 7) is 0.350. The van der Waals surface area contributed by atoms with Crippen molar-refractivity contribution in [1.29, 1.82) is 0 Å². The summed E-state index contributed by atoms with van der Waals surface area (Å²) < 4.78 is 18.5. The molecule has 0 aliphatic heterocycles. The zero-order chi connectivity index (χ0) is 12.1. The van der Waals surface area contributed by atoms with E-state index in [2.05, 4.69) is 0 Å². The standard InChI is InChI=1S/C14H11FO2/c15-13-6-12(9-16)7-14(8-13)17-10-11-4-2-1-3-5-11/h1-9H,10H2. The highest BCUT2D eigenvalue weighted by molar-refractivity contribution is 5.75. The van der Waals surface area contributed by atoms with Gasteiger partial charge in [-0.15, -0.1) is 0 Å². The molecule has 0 atom stereocenters. The molecule has 86 valence electrons. The van der Waals surface area contributed by atoms with E-state index in [1.807, 2.05) is 30.3 Å². The van der Waals surface area contributed by atoms with E-state index in [-0.39, 0.29) is 5.56 Å². The van der Waals surface area contributed by atoms with E-state index in [9.17, 15) is 9.18 Å². The van der Waals surface area contributed by atoms with Gasteiger partial charge in [-0.1, -0.05) is 30.3 Å². The Balaban J connectivity index is 2.09. The van der Waals surface area contributed by atoms with Crippen LogP contribution in [0.3, 0.4) is 0 Å². The topological polar surface area (TPSA) is 26.3 Å². The summed E-state index contributed by atoms with van der Waals surface area (Å²) in [5.74, 6) is -0.117. The van der Waals surface area contributed by atoms with E-state index >= 15 is 0 Å². The average molecular weight is 230 g/mol. The van der Waals surface area contributed by atoms with Crippen molar-refractivity contribution in [2.75, 3.05) is 0 Å². The van der Waals surface area contributed by atoms with Gasteiger partial charge >= 0.3 is 0 Å². The third kappa shape index (κ3) is 3.14. The van der Waals surface area contributed by atoms with Crippen molar-refractivity contribution in [3.63, 3.8) is 0 Å². The first-order chi connectivity index (χ1) is 8.28. The van der Waals surface area contributed by atoms with Gasteiger partial charge in [-0.2, -0.15) is 0 Å². The van der Waals surface area contributed by atoms with Crippen molar-refractivity contribution in [1.82, 2.24) is 0 Å². The van der Waals surface area contributed by atoms with Gasteiger partial charge in [0.05, 0.1) is 0 Å². The zero-order valence-corrected chi connectivity index (χ0v) is 9.10. The first-order valence-corrected chi connectivity index (χ1v) is 5.20. The van der Waals surface area contributed by atoms with Gasteiger partial charge in [0.25, 0.3) is 0 Å². The molecular formula is C14H11FO2. The Labute approximate surface area is 98.7 Å². The molecule has 0 unspecified atom stereocenters. The van der Waals surface area contributed by atoms with E-state index in [0.717, 1.165) is 5.56 Å². The van der Waals surface area contributed by atoms with Crippen LogP contribution in [-0.4, -0.2) is 6.29 Å². The van der Waals surface area contributed by atoms with Crippen LogP contribution in [-0.2, 0) is 6.61 Å². The fourth-order valence-corrected chi connectivity index (χ4v) is 1.48. The number of halogens is 1. The molecule has 3 heteroatoms. The van der Waals surface area contributed by atoms with Gasteiger partial charge in [0.15, 0.2) is 0 Å². The summed E-state index contributed by atoms with van der Waals surface area (Å²) in [6, 6.07) is 13.5. The molecule has 0 aliphatic rings. The lowest BCUT2D eigenvalue weighted by atomic mass is 10.2. The Morgan fingerprint density at radius 2 is 1.88 bits per heavy atom. The van der Waals surface area contributed by atoms with Crippen molar-refractivity contribution < 1.29 is 13.9 Å². The van der Waals surface area contributed by atoms with Crippen molar-refractivity contribution >= 4 is 6.29 Å². The number of hydrogen-bond donors (Lipinski definition) is 0. The second kappa shape index (κ2) is 5.25. The van der Waals surface area contributed by atoms with Crippen LogP contribution in [0.1, 0.15) is 15.9 Å². The van der Waals surface area contributed by atoms with E-state index in [4.69, 9.17) is 4.74 Å². The summed E-state index contributed by atoms with van der Waals surface area (Å²) in [5.41, 5.74) is 1.26. The fourth-order valence-electron chi connectivity index (χ4n) is 1.48. The number of benzene rings is 2. The molecule has 2 nitrogen and oxygen atoms in total. The molecular weight excluding hydrogens is 219 g/mol. The molecule has 0 amide bonds. The third-order valence-electron chi connectivity index (χ3n) is 2.28. The maximum atomic E-state index is 13.1. The van der Waals surface area contributed by atoms with E-state index < -0.39 is 5.82 Å². The fraction of sp³-hybridized carbons (Fsp3) is 0.0714. The van der Waals surface area contributed by atoms with Crippen LogP contribution in [0.15, 0.2) is 48.5 Å². The molecule has 0 fully saturated rings. The van der Waals surface area contributed by atoms with E-state index in [1.165, 1.54) is 18.2 Å². The summed E-state index contributed by atoms with van der Waals surface area (Å²) >= 11 is 0. The Morgan fingerprint density at radius 1 is 1.12 bits per heavy atom. The molecule has 0 spiro atoms. The molecule has 0 aromatic heterocycles. The monoisotopic (exact) mass is 230 g/mol. The predicted octanol–water partition coefficient (Wildman–Crippen LogP) is 3.22. The minimum Gasteiger partial charge on any atom is -0.489 e. The second-order valence-electron chi connectivity index (χ2n) is 3.61. The first kappa shape index (κ1) is 11.3. The quantitative estimate of drug-likeness (QED) is 0.754. The van der Waals surface area contributed by atoms with Gasteiger partial charge in [0.1, 0.15) is 24.5 Å². The Hall–Kier alpha value is -2.16. The summed E-state index contributed by atoms with van der Waals surface area (Å²) in [7, 11) is 0. The second-order valence-corrected chi connectivity index (χ2v) is 3.61. The van der Waals surface area contributed by atoms with E-state index in [1.54, 1.807) is 0 Å². The summed E-state index contributed by atoms with van der Waals surface area (Å²) in [4.78, 5) is 10.6. The summed E-state index contributed by atoms with van der Waals surface area (Å²) in [5, 5.41) is 0. The minimum absolute atomic E-state index is 0.271. The number of aldehydes is 1. The Bertz CT molecular complexity index is 509. The van der Waals surface area contributed by atoms with Crippen LogP contribution in [0.4, 0.5) is 4.39 Å². The third-order valence-corrected chi connectivity index (χ3v) is 2.28. The first-order valence-electron chi connectivity index (χ1n) is 5.20. The largest absolute Gasteiger partial charge is 0.489 e. The highest BCUT2D eigenvalue weighted by Gasteiger charge is 2.01. The van der Waals surface area contributed by atoms with Crippen LogP contribution in [0.2, 0.25) is 0 Å². The Morgan fingerprint density at radius 3 is 2.59 bits per heavy atom. The maximum absolute atomic E-state index is 13.1. The highest BCUT2D eigenvalue weighted by Crippen LogP contribution is 2.16. The minimum atomic E-state index is -0.474.